The highest BCUT2D eigenvalue weighted by Crippen LogP contribution is 2.29. The van der Waals surface area contributed by atoms with Crippen LogP contribution in [0.15, 0.2) is 66.5 Å². The Morgan fingerprint density at radius 3 is 2.42 bits per heavy atom. The normalized spacial score (nSPS) is 15.0. The third kappa shape index (κ3) is 9.64. The van der Waals surface area contributed by atoms with E-state index in [1.54, 1.807) is 35.2 Å². The van der Waals surface area contributed by atoms with Gasteiger partial charge in [0.15, 0.2) is 6.04 Å². The number of rotatable bonds is 11. The highest BCUT2D eigenvalue weighted by molar-refractivity contribution is 6.42. The van der Waals surface area contributed by atoms with Crippen LogP contribution in [0.25, 0.3) is 6.08 Å². The Bertz CT molecular complexity index is 1550. The lowest BCUT2D eigenvalue weighted by atomic mass is 9.96. The maximum atomic E-state index is 13.3. The minimum atomic E-state index is -4.62. The van der Waals surface area contributed by atoms with Gasteiger partial charge >= 0.3 is 12.1 Å². The zero-order valence-corrected chi connectivity index (χ0v) is 25.1. The number of ether oxygens (including phenoxy) is 1. The fraction of sp³-hybridized carbons (Fsp3) is 0.300. The van der Waals surface area contributed by atoms with E-state index in [2.05, 4.69) is 20.6 Å². The number of piperidine rings is 1. The zero-order valence-electron chi connectivity index (χ0n) is 23.6. The number of amides is 2. The molecule has 0 saturated carbocycles. The zero-order chi connectivity index (χ0) is 32.6. The van der Waals surface area contributed by atoms with Gasteiger partial charge in [0, 0.05) is 25.2 Å². The molecule has 45 heavy (non-hydrogen) atoms. The fourth-order valence-electron chi connectivity index (χ4n) is 4.44. The highest BCUT2D eigenvalue weighted by Gasteiger charge is 2.34. The number of benzene rings is 2. The minimum absolute atomic E-state index is 0.0996. The third-order valence-corrected chi connectivity index (χ3v) is 7.58. The predicted octanol–water partition coefficient (Wildman–Crippen LogP) is 4.96. The lowest BCUT2D eigenvalue weighted by Gasteiger charge is -2.31. The Balaban J connectivity index is 1.45. The van der Waals surface area contributed by atoms with Gasteiger partial charge in [-0.15, -0.1) is 0 Å². The summed E-state index contributed by atoms with van der Waals surface area (Å²) >= 11 is 12.1. The lowest BCUT2D eigenvalue weighted by Crippen LogP contribution is -2.48. The molecule has 1 aromatic heterocycles. The number of carboxylic acid groups (broad SMARTS) is 1. The fourth-order valence-corrected chi connectivity index (χ4v) is 4.75. The number of alkyl halides is 3. The molecule has 1 fully saturated rings. The first-order valence-corrected chi connectivity index (χ1v) is 14.4. The molecule has 2 heterocycles. The summed E-state index contributed by atoms with van der Waals surface area (Å²) in [5.41, 5.74) is -0.110. The predicted molar refractivity (Wildman–Crippen MR) is 160 cm³/mol. The average molecular weight is 666 g/mol. The summed E-state index contributed by atoms with van der Waals surface area (Å²) in [6.07, 6.45) is -1.80. The minimum Gasteiger partial charge on any atom is -0.480 e. The van der Waals surface area contributed by atoms with Crippen LogP contribution in [0, 0.1) is 5.92 Å². The van der Waals surface area contributed by atoms with Crippen LogP contribution in [0.3, 0.4) is 0 Å². The number of nitrogens with one attached hydrogen (secondary N) is 2. The summed E-state index contributed by atoms with van der Waals surface area (Å²) < 4.78 is 44.8. The van der Waals surface area contributed by atoms with E-state index >= 15 is 0 Å². The van der Waals surface area contributed by atoms with Crippen molar-refractivity contribution in [2.24, 2.45) is 5.92 Å². The van der Waals surface area contributed by atoms with Crippen molar-refractivity contribution in [3.8, 4) is 0 Å². The summed E-state index contributed by atoms with van der Waals surface area (Å²) in [5, 5.41) is 15.1. The third-order valence-electron chi connectivity index (χ3n) is 6.84. The summed E-state index contributed by atoms with van der Waals surface area (Å²) in [6.45, 7) is 0.155. The van der Waals surface area contributed by atoms with Gasteiger partial charge in [0.2, 0.25) is 11.9 Å². The molecule has 4 rings (SSSR count). The number of aromatic nitrogens is 2. The molecule has 0 bridgehead atoms. The molecule has 0 aliphatic carbocycles. The first-order chi connectivity index (χ1) is 21.4. The second-order valence-electron chi connectivity index (χ2n) is 10.1. The lowest BCUT2D eigenvalue weighted by molar-refractivity contribution is -0.143. The van der Waals surface area contributed by atoms with Gasteiger partial charge in [-0.3, -0.25) is 9.59 Å². The molecule has 10 nitrogen and oxygen atoms in total. The molecule has 238 valence electrons. The second-order valence-corrected chi connectivity index (χ2v) is 10.9. The van der Waals surface area contributed by atoms with E-state index in [-0.39, 0.29) is 60.8 Å². The van der Waals surface area contributed by atoms with Crippen LogP contribution in [0.5, 0.6) is 0 Å². The average Bonchev–Trinajstić information content (AvgIpc) is 3.02. The monoisotopic (exact) mass is 665 g/mol. The van der Waals surface area contributed by atoms with Crippen molar-refractivity contribution in [2.75, 3.05) is 24.6 Å². The molecular formula is C30H28Cl2F3N5O5. The molecule has 2 aromatic carbocycles. The van der Waals surface area contributed by atoms with Gasteiger partial charge in [0.25, 0.3) is 5.91 Å². The Hall–Kier alpha value is -4.20. The number of anilines is 1. The van der Waals surface area contributed by atoms with Gasteiger partial charge in [-0.05, 0) is 48.2 Å². The number of hydrogen-bond donors (Lipinski definition) is 3. The number of carboxylic acids is 1. The second kappa shape index (κ2) is 15.2. The number of carbonyl (C=O) groups is 3. The van der Waals surface area contributed by atoms with Crippen LogP contribution in [0.2, 0.25) is 10.0 Å². The summed E-state index contributed by atoms with van der Waals surface area (Å²) in [4.78, 5) is 47.6. The molecule has 0 radical (unpaired) electrons. The van der Waals surface area contributed by atoms with E-state index in [0.717, 1.165) is 17.8 Å². The molecule has 1 saturated heterocycles. The summed E-state index contributed by atoms with van der Waals surface area (Å²) in [6, 6.07) is 12.9. The van der Waals surface area contributed by atoms with E-state index in [9.17, 15) is 32.7 Å². The van der Waals surface area contributed by atoms with Gasteiger partial charge in [-0.2, -0.15) is 13.2 Å². The van der Waals surface area contributed by atoms with Crippen molar-refractivity contribution >= 4 is 53.0 Å². The maximum absolute atomic E-state index is 13.3. The Morgan fingerprint density at radius 1 is 1.07 bits per heavy atom. The first kappa shape index (κ1) is 33.7. The van der Waals surface area contributed by atoms with E-state index < -0.39 is 41.6 Å². The smallest absolute Gasteiger partial charge is 0.433 e. The molecule has 3 N–H and O–H groups in total. The van der Waals surface area contributed by atoms with Crippen molar-refractivity contribution in [3.05, 3.63) is 93.4 Å². The highest BCUT2D eigenvalue weighted by atomic mass is 35.5. The number of nitrogens with zero attached hydrogens (tertiary/aromatic N) is 3. The van der Waals surface area contributed by atoms with Gasteiger partial charge in [-0.1, -0.05) is 59.6 Å². The molecule has 3 aromatic rings. The molecular weight excluding hydrogens is 638 g/mol. The largest absolute Gasteiger partial charge is 0.480 e. The first-order valence-electron chi connectivity index (χ1n) is 13.7. The number of hydrogen-bond acceptors (Lipinski definition) is 7. The van der Waals surface area contributed by atoms with Gasteiger partial charge in [-0.25, -0.2) is 14.8 Å². The van der Waals surface area contributed by atoms with Crippen LogP contribution in [0.4, 0.5) is 19.1 Å². The van der Waals surface area contributed by atoms with Crippen molar-refractivity contribution in [1.82, 2.24) is 20.6 Å². The molecule has 0 spiro atoms. The van der Waals surface area contributed by atoms with Gasteiger partial charge < -0.3 is 25.4 Å². The van der Waals surface area contributed by atoms with E-state index in [0.29, 0.717) is 5.56 Å². The molecule has 1 atom stereocenters. The van der Waals surface area contributed by atoms with Crippen LogP contribution >= 0.6 is 23.2 Å². The Morgan fingerprint density at radius 2 is 1.78 bits per heavy atom. The van der Waals surface area contributed by atoms with Crippen LogP contribution in [-0.2, 0) is 31.9 Å². The number of halogens is 5. The van der Waals surface area contributed by atoms with Gasteiger partial charge in [0.1, 0.15) is 11.4 Å². The van der Waals surface area contributed by atoms with Crippen LogP contribution < -0.4 is 15.5 Å². The van der Waals surface area contributed by atoms with Crippen molar-refractivity contribution in [1.29, 1.82) is 0 Å². The van der Waals surface area contributed by atoms with E-state index in [1.165, 1.54) is 18.2 Å². The van der Waals surface area contributed by atoms with Gasteiger partial charge in [0.05, 0.1) is 23.3 Å². The number of carbonyl (C=O) groups excluding carboxylic acids is 2. The quantitative estimate of drug-likeness (QED) is 0.245. The topological polar surface area (TPSA) is 134 Å². The molecule has 2 amide bonds. The Kier molecular flexibility index (Phi) is 11.4. The standard InChI is InChI=1S/C30H28Cl2F3N5O5/c31-21-7-6-19(14-22(21)32)15-23(27(42)38-24(28(43)44)17-45-16-18-4-2-1-3-5-18)37-26(41)20-9-12-40(13-10-20)29-36-11-8-25(39-29)30(33,34)35/h1-8,11,14-15,20,24H,9-10,12-13,16-17H2,(H,37,41)(H,38,42)(H,43,44)/t24-/m1/s1. The maximum Gasteiger partial charge on any atom is 0.433 e. The van der Waals surface area contributed by atoms with Crippen molar-refractivity contribution in [2.45, 2.75) is 31.7 Å². The van der Waals surface area contributed by atoms with Crippen LogP contribution in [0.1, 0.15) is 29.7 Å². The molecule has 1 aliphatic heterocycles. The van der Waals surface area contributed by atoms with Crippen molar-refractivity contribution < 1.29 is 37.4 Å². The summed E-state index contributed by atoms with van der Waals surface area (Å²) in [7, 11) is 0. The molecule has 0 unspecified atom stereocenters. The molecule has 15 heteroatoms. The SMILES string of the molecule is O=C(N[C@H](COCc1ccccc1)C(=O)O)C(=Cc1ccc(Cl)c(Cl)c1)NC(=O)C1CCN(c2nccc(C(F)(F)F)n2)CC1. The van der Waals surface area contributed by atoms with E-state index in [4.69, 9.17) is 27.9 Å². The number of aliphatic carboxylic acids is 1. The summed E-state index contributed by atoms with van der Waals surface area (Å²) in [5.74, 6) is -3.48. The van der Waals surface area contributed by atoms with Crippen LogP contribution in [-0.4, -0.2) is 58.6 Å². The molecule has 1 aliphatic rings. The van der Waals surface area contributed by atoms with E-state index in [1.807, 2.05) is 6.07 Å². The van der Waals surface area contributed by atoms with Crippen molar-refractivity contribution in [3.63, 3.8) is 0 Å². The Labute approximate surface area is 266 Å².